The van der Waals surface area contributed by atoms with Crippen LogP contribution < -0.4 is 5.32 Å². The molecule has 1 unspecified atom stereocenters. The largest absolute Gasteiger partial charge is 0.467 e. The van der Waals surface area contributed by atoms with Gasteiger partial charge < -0.3 is 9.73 Å². The Bertz CT molecular complexity index is 794. The lowest BCUT2D eigenvalue weighted by molar-refractivity contribution is -0.120. The van der Waals surface area contributed by atoms with Gasteiger partial charge in [-0.15, -0.1) is 0 Å². The minimum atomic E-state index is -0.442. The first-order valence-corrected chi connectivity index (χ1v) is 8.19. The number of nitrogens with zero attached hydrogens (tertiary/aromatic N) is 2. The van der Waals surface area contributed by atoms with Crippen LogP contribution in [0, 0.1) is 18.3 Å². The first kappa shape index (κ1) is 17.8. The first-order chi connectivity index (χ1) is 11.4. The van der Waals surface area contributed by atoms with Crippen molar-refractivity contribution in [3.05, 3.63) is 47.0 Å². The van der Waals surface area contributed by atoms with Crippen molar-refractivity contribution in [3.8, 4) is 6.07 Å². The summed E-state index contributed by atoms with van der Waals surface area (Å²) >= 11 is 1.19. The molecule has 124 valence electrons. The number of carbonyl (C=O) groups excluding carboxylic acids is 2. The molecule has 2 rings (SSSR count). The third-order valence-corrected chi connectivity index (χ3v) is 4.45. The van der Waals surface area contributed by atoms with Gasteiger partial charge in [-0.05, 0) is 39.0 Å². The second kappa shape index (κ2) is 7.79. The minimum Gasteiger partial charge on any atom is -0.467 e. The normalized spacial score (nSPS) is 11.6. The standard InChI is InChI=1S/C17H17N3O3S/c1-10-15(11(2)21)7-13(8-18)17(20-10)24-12(3)16(22)19-9-14-5-4-6-23-14/h4-7,12H,9H2,1-3H3,(H,19,22). The van der Waals surface area contributed by atoms with Crippen LogP contribution in [0.15, 0.2) is 33.9 Å². The zero-order valence-corrected chi connectivity index (χ0v) is 14.4. The van der Waals surface area contributed by atoms with E-state index in [1.807, 2.05) is 6.07 Å². The molecule has 2 aromatic heterocycles. The summed E-state index contributed by atoms with van der Waals surface area (Å²) in [6, 6.07) is 7.09. The molecule has 0 aliphatic rings. The number of carbonyl (C=O) groups is 2. The molecule has 1 N–H and O–H groups in total. The fourth-order valence-corrected chi connectivity index (χ4v) is 3.01. The molecule has 0 aliphatic carbocycles. The van der Waals surface area contributed by atoms with E-state index in [0.29, 0.717) is 34.2 Å². The van der Waals surface area contributed by atoms with Gasteiger partial charge in [-0.3, -0.25) is 9.59 Å². The summed E-state index contributed by atoms with van der Waals surface area (Å²) in [5.41, 5.74) is 1.26. The minimum absolute atomic E-state index is 0.141. The molecule has 7 heteroatoms. The van der Waals surface area contributed by atoms with E-state index < -0.39 is 5.25 Å². The van der Waals surface area contributed by atoms with Gasteiger partial charge in [-0.25, -0.2) is 4.98 Å². The van der Waals surface area contributed by atoms with E-state index in [2.05, 4.69) is 10.3 Å². The van der Waals surface area contributed by atoms with Crippen molar-refractivity contribution in [1.29, 1.82) is 5.26 Å². The van der Waals surface area contributed by atoms with Gasteiger partial charge in [0.05, 0.1) is 23.6 Å². The molecule has 0 spiro atoms. The number of rotatable bonds is 6. The topological polar surface area (TPSA) is 96.0 Å². The number of ketones is 1. The van der Waals surface area contributed by atoms with Crippen molar-refractivity contribution < 1.29 is 14.0 Å². The fourth-order valence-electron chi connectivity index (χ4n) is 2.06. The van der Waals surface area contributed by atoms with Crippen molar-refractivity contribution in [2.45, 2.75) is 37.6 Å². The third kappa shape index (κ3) is 4.24. The molecule has 0 bridgehead atoms. The van der Waals surface area contributed by atoms with Crippen LogP contribution in [0.2, 0.25) is 0 Å². The first-order valence-electron chi connectivity index (χ1n) is 7.31. The number of furan rings is 1. The smallest absolute Gasteiger partial charge is 0.233 e. The Morgan fingerprint density at radius 3 is 2.83 bits per heavy atom. The van der Waals surface area contributed by atoms with Gasteiger partial charge in [0.25, 0.3) is 0 Å². The summed E-state index contributed by atoms with van der Waals surface area (Å²) in [4.78, 5) is 28.0. The molecule has 1 atom stereocenters. The molecule has 0 fully saturated rings. The zero-order chi connectivity index (χ0) is 17.7. The number of Topliss-reactive ketones (excluding diaryl/α,β-unsaturated/α-hetero) is 1. The number of pyridine rings is 1. The molecule has 1 amide bonds. The predicted molar refractivity (Wildman–Crippen MR) is 89.6 cm³/mol. The maximum Gasteiger partial charge on any atom is 0.233 e. The van der Waals surface area contributed by atoms with Gasteiger partial charge in [0.2, 0.25) is 5.91 Å². The van der Waals surface area contributed by atoms with Crippen LogP contribution in [-0.2, 0) is 11.3 Å². The second-order valence-corrected chi connectivity index (χ2v) is 6.53. The van der Waals surface area contributed by atoms with Crippen LogP contribution in [-0.4, -0.2) is 21.9 Å². The highest BCUT2D eigenvalue weighted by Gasteiger charge is 2.19. The lowest BCUT2D eigenvalue weighted by Gasteiger charge is -2.13. The van der Waals surface area contributed by atoms with Crippen LogP contribution in [0.1, 0.15) is 41.2 Å². The van der Waals surface area contributed by atoms with Crippen molar-refractivity contribution >= 4 is 23.5 Å². The molecule has 0 aliphatic heterocycles. The summed E-state index contributed by atoms with van der Waals surface area (Å²) in [7, 11) is 0. The van der Waals surface area contributed by atoms with Gasteiger partial charge in [0.1, 0.15) is 16.9 Å². The molecule has 6 nitrogen and oxygen atoms in total. The highest BCUT2D eigenvalue weighted by atomic mass is 32.2. The quantitative estimate of drug-likeness (QED) is 0.640. The second-order valence-electron chi connectivity index (χ2n) is 5.20. The molecule has 0 radical (unpaired) electrons. The maximum absolute atomic E-state index is 12.2. The summed E-state index contributed by atoms with van der Waals surface area (Å²) in [6.45, 7) is 5.18. The van der Waals surface area contributed by atoms with E-state index in [-0.39, 0.29) is 11.7 Å². The molecule has 0 saturated carbocycles. The highest BCUT2D eigenvalue weighted by molar-refractivity contribution is 8.00. The number of nitriles is 1. The molecule has 0 saturated heterocycles. The number of thioether (sulfide) groups is 1. The fraction of sp³-hybridized carbons (Fsp3) is 0.294. The number of aryl methyl sites for hydroxylation is 1. The van der Waals surface area contributed by atoms with E-state index >= 15 is 0 Å². The summed E-state index contributed by atoms with van der Waals surface area (Å²) in [5, 5.41) is 12.0. The lowest BCUT2D eigenvalue weighted by atomic mass is 10.1. The van der Waals surface area contributed by atoms with E-state index in [4.69, 9.17) is 4.42 Å². The Balaban J connectivity index is 2.09. The van der Waals surface area contributed by atoms with Crippen molar-refractivity contribution in [2.75, 3.05) is 0 Å². The number of aromatic nitrogens is 1. The molecule has 2 aromatic rings. The van der Waals surface area contributed by atoms with Gasteiger partial charge in [0, 0.05) is 11.3 Å². The zero-order valence-electron chi connectivity index (χ0n) is 13.6. The molecule has 2 heterocycles. The van der Waals surface area contributed by atoms with E-state index in [0.717, 1.165) is 0 Å². The average molecular weight is 343 g/mol. The Labute approximate surface area is 144 Å². The Morgan fingerprint density at radius 1 is 1.50 bits per heavy atom. The Kier molecular flexibility index (Phi) is 5.77. The average Bonchev–Trinajstić information content (AvgIpc) is 3.05. The van der Waals surface area contributed by atoms with Crippen LogP contribution in [0.5, 0.6) is 0 Å². The van der Waals surface area contributed by atoms with Crippen LogP contribution >= 0.6 is 11.8 Å². The summed E-state index contributed by atoms with van der Waals surface area (Å²) in [6.07, 6.45) is 1.54. The van der Waals surface area contributed by atoms with Gasteiger partial charge in [0.15, 0.2) is 5.78 Å². The monoisotopic (exact) mass is 343 g/mol. The van der Waals surface area contributed by atoms with E-state index in [9.17, 15) is 14.9 Å². The van der Waals surface area contributed by atoms with Gasteiger partial charge in [-0.2, -0.15) is 5.26 Å². The van der Waals surface area contributed by atoms with Crippen LogP contribution in [0.25, 0.3) is 0 Å². The number of hydrogen-bond acceptors (Lipinski definition) is 6. The van der Waals surface area contributed by atoms with Crippen molar-refractivity contribution in [3.63, 3.8) is 0 Å². The number of amides is 1. The number of nitrogens with one attached hydrogen (secondary N) is 1. The van der Waals surface area contributed by atoms with Gasteiger partial charge >= 0.3 is 0 Å². The van der Waals surface area contributed by atoms with Gasteiger partial charge in [-0.1, -0.05) is 11.8 Å². The van der Waals surface area contributed by atoms with Crippen molar-refractivity contribution in [1.82, 2.24) is 10.3 Å². The maximum atomic E-state index is 12.2. The Morgan fingerprint density at radius 2 is 2.25 bits per heavy atom. The SMILES string of the molecule is CC(=O)c1cc(C#N)c(SC(C)C(=O)NCc2ccco2)nc1C. The molecule has 0 aromatic carbocycles. The van der Waals surface area contributed by atoms with Crippen LogP contribution in [0.3, 0.4) is 0 Å². The lowest BCUT2D eigenvalue weighted by Crippen LogP contribution is -2.30. The summed E-state index contributed by atoms with van der Waals surface area (Å²) in [5.74, 6) is 0.339. The van der Waals surface area contributed by atoms with E-state index in [1.165, 1.54) is 24.8 Å². The number of hydrogen-bond donors (Lipinski definition) is 1. The Hall–Kier alpha value is -2.59. The molecular weight excluding hydrogens is 326 g/mol. The molecular formula is C17H17N3O3S. The highest BCUT2D eigenvalue weighted by Crippen LogP contribution is 2.27. The van der Waals surface area contributed by atoms with Crippen molar-refractivity contribution in [2.24, 2.45) is 0 Å². The summed E-state index contributed by atoms with van der Waals surface area (Å²) < 4.78 is 5.16. The van der Waals surface area contributed by atoms with Crippen LogP contribution in [0.4, 0.5) is 0 Å². The van der Waals surface area contributed by atoms with E-state index in [1.54, 1.807) is 32.2 Å². The predicted octanol–water partition coefficient (Wildman–Crippen LogP) is 2.85. The third-order valence-electron chi connectivity index (χ3n) is 3.35. The molecule has 24 heavy (non-hydrogen) atoms.